The third kappa shape index (κ3) is 4.59. The van der Waals surface area contributed by atoms with Crippen molar-refractivity contribution in [3.63, 3.8) is 0 Å². The summed E-state index contributed by atoms with van der Waals surface area (Å²) in [7, 11) is -4.24. The second kappa shape index (κ2) is 9.21. The molecule has 3 aromatic rings. The van der Waals surface area contributed by atoms with Crippen molar-refractivity contribution >= 4 is 32.0 Å². The van der Waals surface area contributed by atoms with Crippen molar-refractivity contribution in [2.75, 3.05) is 0 Å². The molecule has 2 atom stereocenters. The first kappa shape index (κ1) is 23.9. The van der Waals surface area contributed by atoms with Crippen LogP contribution < -0.4 is 15.6 Å². The lowest BCUT2D eigenvalue weighted by Crippen LogP contribution is -2.67. The van der Waals surface area contributed by atoms with Crippen molar-refractivity contribution in [2.45, 2.75) is 58.4 Å². The highest BCUT2D eigenvalue weighted by Crippen LogP contribution is 2.44. The van der Waals surface area contributed by atoms with Crippen LogP contribution in [0.2, 0.25) is 18.1 Å². The van der Waals surface area contributed by atoms with Crippen LogP contribution in [0.1, 0.15) is 34.1 Å². The van der Waals surface area contributed by atoms with E-state index in [1.807, 2.05) is 0 Å². The quantitative estimate of drug-likeness (QED) is 0.315. The molecule has 0 heterocycles. The molecule has 0 bridgehead atoms. The van der Waals surface area contributed by atoms with Gasteiger partial charge in [0.2, 0.25) is 0 Å². The molecule has 0 aliphatic heterocycles. The fourth-order valence-corrected chi connectivity index (χ4v) is 10.7. The van der Waals surface area contributed by atoms with Crippen LogP contribution in [-0.2, 0) is 4.43 Å². The van der Waals surface area contributed by atoms with Crippen molar-refractivity contribution in [2.24, 2.45) is 5.92 Å². The highest BCUT2D eigenvalue weighted by atomic mass is 28.4. The van der Waals surface area contributed by atoms with E-state index < -0.39 is 16.4 Å². The summed E-state index contributed by atoms with van der Waals surface area (Å²) in [5.41, 5.74) is 4.18. The average molecular weight is 471 g/mol. The smallest absolute Gasteiger partial charge is 0.192 e. The SMILES string of the molecule is C[C@H]1C[C@@H](O[Si](C)(C)C(C)(C)C)C1=C[Si](c1ccccc1)(c1ccccc1)c1ccccc1. The Hall–Kier alpha value is -2.21. The summed E-state index contributed by atoms with van der Waals surface area (Å²) >= 11 is 0. The van der Waals surface area contributed by atoms with Gasteiger partial charge in [0, 0.05) is 0 Å². The molecule has 172 valence electrons. The van der Waals surface area contributed by atoms with Gasteiger partial charge in [-0.3, -0.25) is 0 Å². The fourth-order valence-electron chi connectivity index (χ4n) is 4.74. The zero-order valence-corrected chi connectivity index (χ0v) is 23.0. The first-order valence-corrected chi connectivity index (χ1v) is 17.2. The lowest BCUT2D eigenvalue weighted by molar-refractivity contribution is 0.130. The molecule has 1 aliphatic carbocycles. The van der Waals surface area contributed by atoms with Gasteiger partial charge in [-0.15, -0.1) is 0 Å². The predicted molar refractivity (Wildman–Crippen MR) is 148 cm³/mol. The summed E-state index contributed by atoms with van der Waals surface area (Å²) in [5, 5.41) is 4.50. The molecule has 0 N–H and O–H groups in total. The summed E-state index contributed by atoms with van der Waals surface area (Å²) < 4.78 is 6.97. The van der Waals surface area contributed by atoms with Crippen LogP contribution in [0.25, 0.3) is 0 Å². The zero-order valence-electron chi connectivity index (χ0n) is 21.0. The van der Waals surface area contributed by atoms with Gasteiger partial charge in [0.05, 0.1) is 6.10 Å². The summed E-state index contributed by atoms with van der Waals surface area (Å²) in [5.74, 6) is 0.558. The normalized spacial score (nSPS) is 20.5. The molecule has 3 aromatic carbocycles. The minimum atomic E-state index is -2.39. The second-order valence-corrected chi connectivity index (χ2v) is 19.4. The molecule has 0 aromatic heterocycles. The van der Waals surface area contributed by atoms with Crippen LogP contribution >= 0.6 is 0 Å². The van der Waals surface area contributed by atoms with E-state index >= 15 is 0 Å². The third-order valence-electron chi connectivity index (χ3n) is 7.82. The van der Waals surface area contributed by atoms with E-state index in [0.29, 0.717) is 5.92 Å². The molecule has 0 saturated heterocycles. The number of hydrogen-bond acceptors (Lipinski definition) is 1. The molecule has 0 unspecified atom stereocenters. The van der Waals surface area contributed by atoms with E-state index in [1.165, 1.54) is 21.1 Å². The van der Waals surface area contributed by atoms with E-state index in [2.05, 4.69) is 137 Å². The molecule has 1 saturated carbocycles. The van der Waals surface area contributed by atoms with Gasteiger partial charge in [0.15, 0.2) is 16.4 Å². The van der Waals surface area contributed by atoms with Crippen LogP contribution in [0.15, 0.2) is 102 Å². The second-order valence-electron chi connectivity index (χ2n) is 11.1. The van der Waals surface area contributed by atoms with Crippen molar-refractivity contribution in [3.8, 4) is 0 Å². The predicted octanol–water partition coefficient (Wildman–Crippen LogP) is 6.05. The molecular weight excluding hydrogens is 433 g/mol. The first-order chi connectivity index (χ1) is 15.6. The Kier molecular flexibility index (Phi) is 6.68. The molecule has 3 heteroatoms. The Bertz CT molecular complexity index is 986. The first-order valence-electron chi connectivity index (χ1n) is 12.2. The molecule has 1 aliphatic rings. The van der Waals surface area contributed by atoms with E-state index in [0.717, 1.165) is 6.42 Å². The molecule has 33 heavy (non-hydrogen) atoms. The Morgan fingerprint density at radius 1 is 0.727 bits per heavy atom. The number of benzene rings is 3. The maximum atomic E-state index is 6.97. The summed E-state index contributed by atoms with van der Waals surface area (Å²) in [6, 6.07) is 33.5. The van der Waals surface area contributed by atoms with Gasteiger partial charge in [0.25, 0.3) is 0 Å². The average Bonchev–Trinajstić information content (AvgIpc) is 2.80. The van der Waals surface area contributed by atoms with Crippen molar-refractivity contribution in [1.29, 1.82) is 0 Å². The molecular formula is C30H38OSi2. The van der Waals surface area contributed by atoms with E-state index in [1.54, 1.807) is 0 Å². The summed E-state index contributed by atoms with van der Waals surface area (Å²) in [6.45, 7) is 14.1. The van der Waals surface area contributed by atoms with E-state index in [9.17, 15) is 0 Å². The largest absolute Gasteiger partial charge is 0.410 e. The van der Waals surface area contributed by atoms with Gasteiger partial charge >= 0.3 is 0 Å². The van der Waals surface area contributed by atoms with Crippen molar-refractivity contribution in [3.05, 3.63) is 102 Å². The molecule has 1 fully saturated rings. The van der Waals surface area contributed by atoms with Crippen molar-refractivity contribution in [1.82, 2.24) is 0 Å². The van der Waals surface area contributed by atoms with Gasteiger partial charge in [-0.25, -0.2) is 0 Å². The summed E-state index contributed by atoms with van der Waals surface area (Å²) in [4.78, 5) is 0. The third-order valence-corrected chi connectivity index (χ3v) is 16.8. The minimum Gasteiger partial charge on any atom is -0.410 e. The zero-order chi connectivity index (χ0) is 23.7. The van der Waals surface area contributed by atoms with Crippen LogP contribution in [0.5, 0.6) is 0 Å². The van der Waals surface area contributed by atoms with E-state index in [4.69, 9.17) is 4.43 Å². The Balaban J connectivity index is 1.91. The highest BCUT2D eigenvalue weighted by molar-refractivity contribution is 7.14. The maximum absolute atomic E-state index is 6.97. The van der Waals surface area contributed by atoms with Crippen LogP contribution in [0.4, 0.5) is 0 Å². The standard InChI is InChI=1S/C30H38OSi2/c1-24-22-29(31-32(5,6)30(2,3)4)28(24)23-33(25-16-10-7-11-17-25,26-18-12-8-13-19-26)27-20-14-9-15-21-27/h7-21,23-24,29H,22H2,1-6H3/t24-,29+/m0/s1. The summed E-state index contributed by atoms with van der Waals surface area (Å²) in [6.07, 6.45) is 1.37. The van der Waals surface area contributed by atoms with Crippen LogP contribution in [0, 0.1) is 5.92 Å². The topological polar surface area (TPSA) is 9.23 Å². The van der Waals surface area contributed by atoms with E-state index in [-0.39, 0.29) is 11.1 Å². The van der Waals surface area contributed by atoms with Gasteiger partial charge in [-0.1, -0.05) is 124 Å². The maximum Gasteiger partial charge on any atom is 0.192 e. The van der Waals surface area contributed by atoms with Crippen LogP contribution in [-0.4, -0.2) is 22.5 Å². The number of rotatable bonds is 6. The highest BCUT2D eigenvalue weighted by Gasteiger charge is 2.46. The molecule has 0 spiro atoms. The molecule has 0 amide bonds. The fraction of sp³-hybridized carbons (Fsp3) is 0.333. The van der Waals surface area contributed by atoms with Crippen molar-refractivity contribution < 1.29 is 4.43 Å². The lowest BCUT2D eigenvalue weighted by Gasteiger charge is -2.47. The lowest BCUT2D eigenvalue weighted by atomic mass is 9.79. The molecule has 1 nitrogen and oxygen atoms in total. The monoisotopic (exact) mass is 470 g/mol. The van der Waals surface area contributed by atoms with Gasteiger partial charge in [-0.2, -0.15) is 0 Å². The Morgan fingerprint density at radius 2 is 1.12 bits per heavy atom. The van der Waals surface area contributed by atoms with Gasteiger partial charge in [0.1, 0.15) is 0 Å². The Morgan fingerprint density at radius 3 is 1.45 bits per heavy atom. The van der Waals surface area contributed by atoms with Gasteiger partial charge < -0.3 is 4.43 Å². The Labute approximate surface area is 202 Å². The number of hydrogen-bond donors (Lipinski definition) is 0. The molecule has 4 rings (SSSR count). The van der Waals surface area contributed by atoms with Crippen LogP contribution in [0.3, 0.4) is 0 Å². The minimum absolute atomic E-state index is 0.212. The molecule has 0 radical (unpaired) electrons. The van der Waals surface area contributed by atoms with Gasteiger partial charge in [-0.05, 0) is 51.6 Å².